The van der Waals surface area contributed by atoms with Gasteiger partial charge in [-0.25, -0.2) is 0 Å². The quantitative estimate of drug-likeness (QED) is 0.559. The molecule has 0 aromatic carbocycles. The lowest BCUT2D eigenvalue weighted by Gasteiger charge is -2.10. The van der Waals surface area contributed by atoms with Crippen molar-refractivity contribution in [1.82, 2.24) is 0 Å². The fraction of sp³-hybridized carbons (Fsp3) is 0.909. The highest BCUT2D eigenvalue weighted by molar-refractivity contribution is 5.79. The molecule has 15 heavy (non-hydrogen) atoms. The number of Topliss-reactive ketones (excluding diaryl/α,β-unsaturated/α-hetero) is 1. The molecule has 0 aromatic rings. The Hall–Kier alpha value is -0.450. The van der Waals surface area contributed by atoms with Gasteiger partial charge in [-0.05, 0) is 12.8 Å². The van der Waals surface area contributed by atoms with Crippen molar-refractivity contribution in [2.24, 2.45) is 0 Å². The Morgan fingerprint density at radius 1 is 1.47 bits per heavy atom. The summed E-state index contributed by atoms with van der Waals surface area (Å²) in [6, 6.07) is 0. The highest BCUT2D eigenvalue weighted by atomic mass is 16.5. The van der Waals surface area contributed by atoms with Gasteiger partial charge in [-0.15, -0.1) is 0 Å². The second-order valence-electron chi connectivity index (χ2n) is 3.59. The van der Waals surface area contributed by atoms with Crippen LogP contribution >= 0.6 is 0 Å². The second-order valence-corrected chi connectivity index (χ2v) is 3.59. The van der Waals surface area contributed by atoms with E-state index in [1.165, 1.54) is 7.11 Å². The molecule has 0 radical (unpaired) electrons. The summed E-state index contributed by atoms with van der Waals surface area (Å²) >= 11 is 0. The number of carbonyl (C=O) groups is 1. The van der Waals surface area contributed by atoms with E-state index in [0.717, 1.165) is 12.8 Å². The number of methoxy groups -OCH3 is 1. The molecule has 0 aliphatic rings. The van der Waals surface area contributed by atoms with Crippen molar-refractivity contribution in [3.8, 4) is 0 Å². The number of rotatable bonds is 10. The van der Waals surface area contributed by atoms with Gasteiger partial charge < -0.3 is 14.6 Å². The van der Waals surface area contributed by atoms with Gasteiger partial charge >= 0.3 is 0 Å². The zero-order chi connectivity index (χ0) is 11.5. The van der Waals surface area contributed by atoms with Crippen LogP contribution in [0.25, 0.3) is 0 Å². The maximum absolute atomic E-state index is 11.0. The topological polar surface area (TPSA) is 55.8 Å². The first-order valence-corrected chi connectivity index (χ1v) is 5.47. The number of carbonyl (C=O) groups excluding carboxylic acids is 1. The third-order valence-corrected chi connectivity index (χ3v) is 2.01. The lowest BCUT2D eigenvalue weighted by Crippen LogP contribution is -2.18. The summed E-state index contributed by atoms with van der Waals surface area (Å²) < 4.78 is 9.92. The van der Waals surface area contributed by atoms with Crippen LogP contribution in [0.3, 0.4) is 0 Å². The van der Waals surface area contributed by atoms with E-state index < -0.39 is 6.10 Å². The first kappa shape index (κ1) is 14.6. The summed E-state index contributed by atoms with van der Waals surface area (Å²) in [5.41, 5.74) is 0. The second kappa shape index (κ2) is 10.1. The summed E-state index contributed by atoms with van der Waals surface area (Å²) in [4.78, 5) is 11.0. The monoisotopic (exact) mass is 218 g/mol. The molecule has 1 unspecified atom stereocenters. The standard InChI is InChI=1S/C11H22O4/c1-3-4-7-15-9-11(13)6-5-10(12)8-14-2/h11,13H,3-9H2,1-2H3. The summed E-state index contributed by atoms with van der Waals surface area (Å²) in [5.74, 6) is 0.0186. The van der Waals surface area contributed by atoms with Crippen LogP contribution in [0.5, 0.6) is 0 Å². The minimum Gasteiger partial charge on any atom is -0.391 e. The van der Waals surface area contributed by atoms with Crippen LogP contribution in [0, 0.1) is 0 Å². The Balaban J connectivity index is 3.32. The number of aliphatic hydroxyl groups excluding tert-OH is 1. The third kappa shape index (κ3) is 9.85. The molecule has 90 valence electrons. The maximum atomic E-state index is 11.0. The number of ether oxygens (including phenoxy) is 2. The van der Waals surface area contributed by atoms with Crippen LogP contribution in [0.4, 0.5) is 0 Å². The first-order valence-electron chi connectivity index (χ1n) is 5.47. The van der Waals surface area contributed by atoms with Gasteiger partial charge in [-0.2, -0.15) is 0 Å². The number of aliphatic hydroxyl groups is 1. The summed E-state index contributed by atoms with van der Waals surface area (Å²) in [6.45, 7) is 3.21. The Morgan fingerprint density at radius 2 is 2.20 bits per heavy atom. The van der Waals surface area contributed by atoms with Crippen LogP contribution in [-0.4, -0.2) is 43.9 Å². The molecule has 0 saturated heterocycles. The molecule has 0 bridgehead atoms. The molecular weight excluding hydrogens is 196 g/mol. The average molecular weight is 218 g/mol. The fourth-order valence-corrected chi connectivity index (χ4v) is 1.11. The van der Waals surface area contributed by atoms with E-state index in [2.05, 4.69) is 11.7 Å². The molecule has 0 spiro atoms. The molecule has 1 N–H and O–H groups in total. The smallest absolute Gasteiger partial charge is 0.158 e. The van der Waals surface area contributed by atoms with E-state index in [1.807, 2.05) is 0 Å². The van der Waals surface area contributed by atoms with Crippen molar-refractivity contribution < 1.29 is 19.4 Å². The minimum atomic E-state index is -0.539. The fourth-order valence-electron chi connectivity index (χ4n) is 1.11. The third-order valence-electron chi connectivity index (χ3n) is 2.01. The summed E-state index contributed by atoms with van der Waals surface area (Å²) in [5, 5.41) is 9.45. The van der Waals surface area contributed by atoms with E-state index in [0.29, 0.717) is 26.1 Å². The minimum absolute atomic E-state index is 0.0186. The molecule has 0 heterocycles. The number of hydrogen-bond acceptors (Lipinski definition) is 4. The van der Waals surface area contributed by atoms with E-state index in [1.54, 1.807) is 0 Å². The zero-order valence-corrected chi connectivity index (χ0v) is 9.70. The maximum Gasteiger partial charge on any atom is 0.158 e. The van der Waals surface area contributed by atoms with Crippen molar-refractivity contribution >= 4 is 5.78 Å². The van der Waals surface area contributed by atoms with Crippen molar-refractivity contribution in [1.29, 1.82) is 0 Å². The molecule has 0 fully saturated rings. The number of unbranched alkanes of at least 4 members (excludes halogenated alkanes) is 1. The van der Waals surface area contributed by atoms with Crippen molar-refractivity contribution in [3.63, 3.8) is 0 Å². The molecular formula is C11H22O4. The van der Waals surface area contributed by atoms with Gasteiger partial charge in [0.05, 0.1) is 12.7 Å². The molecule has 0 rings (SSSR count). The SMILES string of the molecule is CCCCOCC(O)CCC(=O)COC. The van der Waals surface area contributed by atoms with Gasteiger partial charge in [-0.1, -0.05) is 13.3 Å². The van der Waals surface area contributed by atoms with E-state index >= 15 is 0 Å². The van der Waals surface area contributed by atoms with Crippen LogP contribution in [0.2, 0.25) is 0 Å². The van der Waals surface area contributed by atoms with Crippen LogP contribution in [0.15, 0.2) is 0 Å². The predicted molar refractivity (Wildman–Crippen MR) is 57.9 cm³/mol. The van der Waals surface area contributed by atoms with Gasteiger partial charge in [0.1, 0.15) is 6.61 Å². The van der Waals surface area contributed by atoms with Crippen molar-refractivity contribution in [3.05, 3.63) is 0 Å². The highest BCUT2D eigenvalue weighted by Gasteiger charge is 2.07. The van der Waals surface area contributed by atoms with E-state index in [9.17, 15) is 9.90 Å². The molecule has 0 aliphatic heterocycles. The van der Waals surface area contributed by atoms with Crippen LogP contribution < -0.4 is 0 Å². The molecule has 0 saturated carbocycles. The lowest BCUT2D eigenvalue weighted by atomic mass is 10.1. The normalized spacial score (nSPS) is 12.7. The van der Waals surface area contributed by atoms with Gasteiger partial charge in [-0.3, -0.25) is 4.79 Å². The van der Waals surface area contributed by atoms with Gasteiger partial charge in [0.2, 0.25) is 0 Å². The van der Waals surface area contributed by atoms with Crippen molar-refractivity contribution in [2.75, 3.05) is 26.9 Å². The summed E-state index contributed by atoms with van der Waals surface area (Å²) in [7, 11) is 1.49. The Morgan fingerprint density at radius 3 is 2.80 bits per heavy atom. The lowest BCUT2D eigenvalue weighted by molar-refractivity contribution is -0.123. The molecule has 4 heteroatoms. The Labute approximate surface area is 91.6 Å². The first-order chi connectivity index (χ1) is 7.20. The molecule has 1 atom stereocenters. The van der Waals surface area contributed by atoms with Gasteiger partial charge in [0.15, 0.2) is 5.78 Å². The number of ketones is 1. The van der Waals surface area contributed by atoms with Gasteiger partial charge in [0.25, 0.3) is 0 Å². The summed E-state index contributed by atoms with van der Waals surface area (Å²) in [6.07, 6.45) is 2.36. The van der Waals surface area contributed by atoms with Gasteiger partial charge in [0, 0.05) is 20.1 Å². The zero-order valence-electron chi connectivity index (χ0n) is 9.70. The number of hydrogen-bond donors (Lipinski definition) is 1. The van der Waals surface area contributed by atoms with Crippen LogP contribution in [0.1, 0.15) is 32.6 Å². The van der Waals surface area contributed by atoms with Crippen LogP contribution in [-0.2, 0) is 14.3 Å². The van der Waals surface area contributed by atoms with Crippen molar-refractivity contribution in [2.45, 2.75) is 38.7 Å². The molecule has 0 aliphatic carbocycles. The highest BCUT2D eigenvalue weighted by Crippen LogP contribution is 2.00. The molecule has 0 aromatic heterocycles. The Bertz CT molecular complexity index is 159. The predicted octanol–water partition coefficient (Wildman–Crippen LogP) is 1.16. The average Bonchev–Trinajstić information content (AvgIpc) is 2.22. The molecule has 4 nitrogen and oxygen atoms in total. The Kier molecular flexibility index (Phi) is 9.78. The largest absolute Gasteiger partial charge is 0.391 e. The molecule has 0 amide bonds. The van der Waals surface area contributed by atoms with E-state index in [4.69, 9.17) is 4.74 Å². The van der Waals surface area contributed by atoms with E-state index in [-0.39, 0.29) is 12.4 Å².